The second kappa shape index (κ2) is 6.98. The van der Waals surface area contributed by atoms with Gasteiger partial charge in [-0.3, -0.25) is 4.79 Å². The first-order valence-electron chi connectivity index (χ1n) is 5.30. The molecule has 1 unspecified atom stereocenters. The normalized spacial score (nSPS) is 12.3. The molecule has 0 saturated carbocycles. The SMILES string of the molecule is NC(CCOCCc1ccccc1)C(=O)O. The fraction of sp³-hybridized carbons (Fsp3) is 0.417. The largest absolute Gasteiger partial charge is 0.480 e. The van der Waals surface area contributed by atoms with Gasteiger partial charge >= 0.3 is 5.97 Å². The van der Waals surface area contributed by atoms with Gasteiger partial charge in [0.15, 0.2) is 0 Å². The van der Waals surface area contributed by atoms with Gasteiger partial charge in [0.1, 0.15) is 6.04 Å². The van der Waals surface area contributed by atoms with Gasteiger partial charge in [-0.1, -0.05) is 30.3 Å². The quantitative estimate of drug-likeness (QED) is 0.678. The highest BCUT2D eigenvalue weighted by Crippen LogP contribution is 2.00. The van der Waals surface area contributed by atoms with E-state index >= 15 is 0 Å². The predicted molar refractivity (Wildman–Crippen MR) is 61.2 cm³/mol. The zero-order valence-corrected chi connectivity index (χ0v) is 9.13. The molecule has 1 aromatic rings. The van der Waals surface area contributed by atoms with E-state index in [1.54, 1.807) is 0 Å². The van der Waals surface area contributed by atoms with Crippen molar-refractivity contribution in [3.8, 4) is 0 Å². The van der Waals surface area contributed by atoms with Gasteiger partial charge in [0.25, 0.3) is 0 Å². The molecule has 0 bridgehead atoms. The molecule has 0 aliphatic heterocycles. The summed E-state index contributed by atoms with van der Waals surface area (Å²) in [5.74, 6) is -0.980. The van der Waals surface area contributed by atoms with Crippen molar-refractivity contribution < 1.29 is 14.6 Å². The zero-order valence-electron chi connectivity index (χ0n) is 9.13. The molecule has 3 N–H and O–H groups in total. The Labute approximate surface area is 95.0 Å². The third kappa shape index (κ3) is 4.91. The highest BCUT2D eigenvalue weighted by Gasteiger charge is 2.10. The van der Waals surface area contributed by atoms with Gasteiger partial charge in [-0.05, 0) is 18.4 Å². The molecule has 4 nitrogen and oxygen atoms in total. The first kappa shape index (κ1) is 12.7. The van der Waals surface area contributed by atoms with Crippen molar-refractivity contribution in [2.24, 2.45) is 5.73 Å². The van der Waals surface area contributed by atoms with Crippen molar-refractivity contribution in [1.29, 1.82) is 0 Å². The maximum absolute atomic E-state index is 10.4. The van der Waals surface area contributed by atoms with Crippen LogP contribution in [-0.2, 0) is 16.0 Å². The molecular formula is C12H17NO3. The van der Waals surface area contributed by atoms with Crippen LogP contribution in [0.25, 0.3) is 0 Å². The number of rotatable bonds is 7. The predicted octanol–water partition coefficient (Wildman–Crippen LogP) is 1.05. The molecule has 0 fully saturated rings. The molecule has 0 radical (unpaired) electrons. The van der Waals surface area contributed by atoms with Crippen molar-refractivity contribution in [3.63, 3.8) is 0 Å². The Bertz CT molecular complexity index is 313. The van der Waals surface area contributed by atoms with Crippen LogP contribution in [0, 0.1) is 0 Å². The van der Waals surface area contributed by atoms with Crippen molar-refractivity contribution in [3.05, 3.63) is 35.9 Å². The Morgan fingerprint density at radius 3 is 2.62 bits per heavy atom. The number of carboxylic acid groups (broad SMARTS) is 1. The van der Waals surface area contributed by atoms with Crippen LogP contribution in [0.1, 0.15) is 12.0 Å². The first-order valence-corrected chi connectivity index (χ1v) is 5.30. The molecule has 0 heterocycles. The first-order chi connectivity index (χ1) is 7.70. The Balaban J connectivity index is 2.07. The minimum atomic E-state index is -0.980. The van der Waals surface area contributed by atoms with E-state index in [1.807, 2.05) is 30.3 Å². The minimum Gasteiger partial charge on any atom is -0.480 e. The number of aliphatic carboxylic acids is 1. The number of nitrogens with two attached hydrogens (primary N) is 1. The van der Waals surface area contributed by atoms with Crippen LogP contribution in [-0.4, -0.2) is 30.3 Å². The van der Waals surface area contributed by atoms with E-state index in [0.717, 1.165) is 6.42 Å². The fourth-order valence-corrected chi connectivity index (χ4v) is 1.27. The van der Waals surface area contributed by atoms with E-state index in [4.69, 9.17) is 15.6 Å². The smallest absolute Gasteiger partial charge is 0.320 e. The highest BCUT2D eigenvalue weighted by molar-refractivity contribution is 5.72. The Morgan fingerprint density at radius 1 is 1.31 bits per heavy atom. The molecule has 0 spiro atoms. The van der Waals surface area contributed by atoms with E-state index in [2.05, 4.69) is 0 Å². The van der Waals surface area contributed by atoms with E-state index in [1.165, 1.54) is 5.56 Å². The number of benzene rings is 1. The Hall–Kier alpha value is -1.39. The summed E-state index contributed by atoms with van der Waals surface area (Å²) in [5, 5.41) is 8.54. The van der Waals surface area contributed by atoms with Crippen LogP contribution in [0.15, 0.2) is 30.3 Å². The average Bonchev–Trinajstić information content (AvgIpc) is 2.29. The maximum Gasteiger partial charge on any atom is 0.320 e. The monoisotopic (exact) mass is 223 g/mol. The van der Waals surface area contributed by atoms with E-state index in [-0.39, 0.29) is 0 Å². The molecule has 0 amide bonds. The standard InChI is InChI=1S/C12H17NO3/c13-11(12(14)15)7-9-16-8-6-10-4-2-1-3-5-10/h1-5,11H,6-9,13H2,(H,14,15). The minimum absolute atomic E-state index is 0.351. The zero-order chi connectivity index (χ0) is 11.8. The molecular weight excluding hydrogens is 206 g/mol. The summed E-state index contributed by atoms with van der Waals surface area (Å²) in [5.41, 5.74) is 6.54. The van der Waals surface area contributed by atoms with Crippen LogP contribution >= 0.6 is 0 Å². The maximum atomic E-state index is 10.4. The van der Waals surface area contributed by atoms with Gasteiger partial charge < -0.3 is 15.6 Å². The van der Waals surface area contributed by atoms with E-state index in [9.17, 15) is 4.79 Å². The summed E-state index contributed by atoms with van der Waals surface area (Å²) >= 11 is 0. The van der Waals surface area contributed by atoms with Gasteiger partial charge in [-0.15, -0.1) is 0 Å². The number of ether oxygens (including phenoxy) is 1. The molecule has 0 aromatic heterocycles. The lowest BCUT2D eigenvalue weighted by atomic mass is 10.2. The lowest BCUT2D eigenvalue weighted by molar-refractivity contribution is -0.139. The topological polar surface area (TPSA) is 72.5 Å². The second-order valence-electron chi connectivity index (χ2n) is 3.58. The number of carbonyl (C=O) groups is 1. The molecule has 0 aliphatic rings. The lowest BCUT2D eigenvalue weighted by Gasteiger charge is -2.07. The third-order valence-corrected chi connectivity index (χ3v) is 2.27. The van der Waals surface area contributed by atoms with Gasteiger partial charge in [0.05, 0.1) is 6.61 Å². The fourth-order valence-electron chi connectivity index (χ4n) is 1.27. The molecule has 1 aromatic carbocycles. The van der Waals surface area contributed by atoms with Crippen molar-refractivity contribution in [2.75, 3.05) is 13.2 Å². The Morgan fingerprint density at radius 2 is 2.00 bits per heavy atom. The summed E-state index contributed by atoms with van der Waals surface area (Å²) in [6, 6.07) is 9.18. The summed E-state index contributed by atoms with van der Waals surface area (Å²) in [4.78, 5) is 10.4. The molecule has 1 rings (SSSR count). The molecule has 0 aliphatic carbocycles. The molecule has 0 saturated heterocycles. The average molecular weight is 223 g/mol. The summed E-state index contributed by atoms with van der Waals surface area (Å²) in [6.07, 6.45) is 1.19. The molecule has 88 valence electrons. The Kier molecular flexibility index (Phi) is 5.53. The third-order valence-electron chi connectivity index (χ3n) is 2.27. The number of hydrogen-bond acceptors (Lipinski definition) is 3. The van der Waals surface area contributed by atoms with Crippen LogP contribution in [0.4, 0.5) is 0 Å². The van der Waals surface area contributed by atoms with Crippen LogP contribution in [0.3, 0.4) is 0 Å². The van der Waals surface area contributed by atoms with Crippen LogP contribution in [0.2, 0.25) is 0 Å². The highest BCUT2D eigenvalue weighted by atomic mass is 16.5. The second-order valence-corrected chi connectivity index (χ2v) is 3.58. The number of hydrogen-bond donors (Lipinski definition) is 2. The van der Waals surface area contributed by atoms with Crippen molar-refractivity contribution in [2.45, 2.75) is 18.9 Å². The van der Waals surface area contributed by atoms with Crippen LogP contribution in [0.5, 0.6) is 0 Å². The molecule has 1 atom stereocenters. The van der Waals surface area contributed by atoms with Crippen molar-refractivity contribution in [1.82, 2.24) is 0 Å². The van der Waals surface area contributed by atoms with Gasteiger partial charge in [0, 0.05) is 6.61 Å². The lowest BCUT2D eigenvalue weighted by Crippen LogP contribution is -2.31. The van der Waals surface area contributed by atoms with Gasteiger partial charge in [-0.2, -0.15) is 0 Å². The van der Waals surface area contributed by atoms with E-state index in [0.29, 0.717) is 19.6 Å². The van der Waals surface area contributed by atoms with Crippen LogP contribution < -0.4 is 5.73 Å². The summed E-state index contributed by atoms with van der Waals surface area (Å²) in [7, 11) is 0. The van der Waals surface area contributed by atoms with Gasteiger partial charge in [-0.25, -0.2) is 0 Å². The van der Waals surface area contributed by atoms with Gasteiger partial charge in [0.2, 0.25) is 0 Å². The summed E-state index contributed by atoms with van der Waals surface area (Å²) in [6.45, 7) is 0.983. The molecule has 16 heavy (non-hydrogen) atoms. The number of carboxylic acids is 1. The van der Waals surface area contributed by atoms with E-state index < -0.39 is 12.0 Å². The molecule has 4 heteroatoms. The van der Waals surface area contributed by atoms with Crippen molar-refractivity contribution >= 4 is 5.97 Å². The summed E-state index contributed by atoms with van der Waals surface area (Å²) < 4.78 is 5.32.